The molecule has 0 aromatic heterocycles. The van der Waals surface area contributed by atoms with Gasteiger partial charge in [0.15, 0.2) is 0 Å². The predicted molar refractivity (Wildman–Crippen MR) is 102 cm³/mol. The van der Waals surface area contributed by atoms with Crippen molar-refractivity contribution in [1.82, 2.24) is 0 Å². The highest BCUT2D eigenvalue weighted by Gasteiger charge is 2.44. The van der Waals surface area contributed by atoms with Gasteiger partial charge in [0, 0.05) is 23.6 Å². The van der Waals surface area contributed by atoms with Gasteiger partial charge in [0.1, 0.15) is 12.4 Å². The van der Waals surface area contributed by atoms with Crippen molar-refractivity contribution in [2.45, 2.75) is 25.4 Å². The van der Waals surface area contributed by atoms with Gasteiger partial charge >= 0.3 is 12.1 Å². The van der Waals surface area contributed by atoms with Crippen molar-refractivity contribution in [2.75, 3.05) is 18.1 Å². The van der Waals surface area contributed by atoms with Crippen molar-refractivity contribution in [2.24, 2.45) is 0 Å². The first kappa shape index (κ1) is 20.0. The fourth-order valence-electron chi connectivity index (χ4n) is 3.87. The third kappa shape index (κ3) is 3.42. The number of ether oxygens (including phenoxy) is 2. The highest BCUT2D eigenvalue weighted by Crippen LogP contribution is 2.44. The number of hydrogen-bond acceptors (Lipinski definition) is 4. The molecule has 0 fully saturated rings. The van der Waals surface area contributed by atoms with Gasteiger partial charge in [0.2, 0.25) is 5.91 Å². The van der Waals surface area contributed by atoms with Crippen LogP contribution in [-0.2, 0) is 20.5 Å². The van der Waals surface area contributed by atoms with Crippen molar-refractivity contribution in [3.8, 4) is 5.75 Å². The first-order valence-corrected chi connectivity index (χ1v) is 9.43. The van der Waals surface area contributed by atoms with E-state index in [2.05, 4.69) is 0 Å². The second kappa shape index (κ2) is 7.51. The van der Waals surface area contributed by atoms with Crippen LogP contribution in [0.4, 0.5) is 18.9 Å². The van der Waals surface area contributed by atoms with E-state index in [-0.39, 0.29) is 24.6 Å². The van der Waals surface area contributed by atoms with Crippen molar-refractivity contribution in [1.29, 1.82) is 0 Å². The molecule has 0 saturated heterocycles. The topological polar surface area (TPSA) is 55.8 Å². The average Bonchev–Trinajstić information content (AvgIpc) is 3.09. The van der Waals surface area contributed by atoms with E-state index in [1.54, 1.807) is 24.3 Å². The quantitative estimate of drug-likeness (QED) is 0.691. The minimum atomic E-state index is -4.48. The van der Waals surface area contributed by atoms with Crippen molar-refractivity contribution in [3.63, 3.8) is 0 Å². The molecule has 0 radical (unpaired) electrons. The third-order valence-electron chi connectivity index (χ3n) is 5.16. The second-order valence-corrected chi connectivity index (χ2v) is 6.94. The van der Waals surface area contributed by atoms with Crippen LogP contribution in [0.15, 0.2) is 59.8 Å². The summed E-state index contributed by atoms with van der Waals surface area (Å²) in [5.74, 6) is -0.836. The van der Waals surface area contributed by atoms with Crippen LogP contribution in [0.3, 0.4) is 0 Å². The summed E-state index contributed by atoms with van der Waals surface area (Å²) in [5, 5.41) is 0. The van der Waals surface area contributed by atoms with Crippen LogP contribution in [0.2, 0.25) is 0 Å². The minimum Gasteiger partial charge on any atom is -0.494 e. The molecule has 0 saturated carbocycles. The van der Waals surface area contributed by atoms with E-state index in [9.17, 15) is 22.8 Å². The predicted octanol–water partition coefficient (Wildman–Crippen LogP) is 4.44. The van der Waals surface area contributed by atoms with Crippen LogP contribution < -0.4 is 9.64 Å². The van der Waals surface area contributed by atoms with Gasteiger partial charge in [-0.1, -0.05) is 18.2 Å². The Hall–Kier alpha value is -3.29. The van der Waals surface area contributed by atoms with E-state index in [0.29, 0.717) is 29.2 Å². The van der Waals surface area contributed by atoms with Gasteiger partial charge < -0.3 is 9.47 Å². The number of hydrogen-bond donors (Lipinski definition) is 0. The Labute approximate surface area is 170 Å². The number of rotatable bonds is 4. The van der Waals surface area contributed by atoms with E-state index in [1.807, 2.05) is 6.92 Å². The van der Waals surface area contributed by atoms with E-state index in [1.165, 1.54) is 17.0 Å². The zero-order chi connectivity index (χ0) is 21.5. The van der Waals surface area contributed by atoms with Crippen molar-refractivity contribution >= 4 is 17.6 Å². The molecular weight excluding hydrogens is 399 g/mol. The zero-order valence-electron chi connectivity index (χ0n) is 16.0. The Morgan fingerprint density at radius 2 is 1.80 bits per heavy atom. The van der Waals surface area contributed by atoms with E-state index in [4.69, 9.17) is 9.47 Å². The van der Waals surface area contributed by atoms with E-state index >= 15 is 0 Å². The largest absolute Gasteiger partial charge is 0.494 e. The molecule has 30 heavy (non-hydrogen) atoms. The molecule has 0 spiro atoms. The molecule has 1 amide bonds. The molecule has 2 heterocycles. The number of carbonyl (C=O) groups is 2. The van der Waals surface area contributed by atoms with Gasteiger partial charge in [-0.05, 0) is 37.3 Å². The normalized spacial score (nSPS) is 19.1. The summed E-state index contributed by atoms with van der Waals surface area (Å²) < 4.78 is 49.5. The Balaban J connectivity index is 1.78. The molecule has 2 aromatic carbocycles. The van der Waals surface area contributed by atoms with Crippen LogP contribution in [0.5, 0.6) is 5.75 Å². The smallest absolute Gasteiger partial charge is 0.416 e. The summed E-state index contributed by atoms with van der Waals surface area (Å²) in [4.78, 5) is 26.8. The van der Waals surface area contributed by atoms with Crippen LogP contribution >= 0.6 is 0 Å². The molecule has 0 N–H and O–H groups in total. The maximum Gasteiger partial charge on any atom is 0.416 e. The lowest BCUT2D eigenvalue weighted by Gasteiger charge is -2.32. The summed E-state index contributed by atoms with van der Waals surface area (Å²) in [6, 6.07) is 11.4. The number of esters is 1. The molecular formula is C22H18F3NO4. The maximum absolute atomic E-state index is 13.0. The average molecular weight is 417 g/mol. The number of halogens is 3. The van der Waals surface area contributed by atoms with Crippen LogP contribution in [0.1, 0.15) is 30.4 Å². The van der Waals surface area contributed by atoms with Gasteiger partial charge in [-0.3, -0.25) is 9.69 Å². The second-order valence-electron chi connectivity index (χ2n) is 6.94. The van der Waals surface area contributed by atoms with E-state index < -0.39 is 23.6 Å². The highest BCUT2D eigenvalue weighted by molar-refractivity contribution is 6.06. The summed E-state index contributed by atoms with van der Waals surface area (Å²) in [6.45, 7) is 2.14. The summed E-state index contributed by atoms with van der Waals surface area (Å²) >= 11 is 0. The Morgan fingerprint density at radius 1 is 1.10 bits per heavy atom. The van der Waals surface area contributed by atoms with Gasteiger partial charge in [-0.25, -0.2) is 4.79 Å². The molecule has 5 nitrogen and oxygen atoms in total. The molecule has 0 unspecified atom stereocenters. The van der Waals surface area contributed by atoms with Crippen LogP contribution in [0.25, 0.3) is 0 Å². The van der Waals surface area contributed by atoms with Gasteiger partial charge in [0.05, 0.1) is 23.4 Å². The first-order chi connectivity index (χ1) is 14.3. The lowest BCUT2D eigenvalue weighted by molar-refractivity contribution is -0.138. The summed E-state index contributed by atoms with van der Waals surface area (Å²) in [5.41, 5.74) is 0.836. The molecule has 0 bridgehead atoms. The van der Waals surface area contributed by atoms with Crippen molar-refractivity contribution < 1.29 is 32.2 Å². The van der Waals surface area contributed by atoms with Gasteiger partial charge in [0.25, 0.3) is 0 Å². The Morgan fingerprint density at radius 3 is 2.47 bits per heavy atom. The number of anilines is 1. The number of nitrogens with zero attached hydrogens (tertiary/aromatic N) is 1. The SMILES string of the molecule is CCOc1ccccc1[C@H]1CC(=O)N(c2ccc(C(F)(F)F)cc2)C2=C1C(=O)OC2. The van der Waals surface area contributed by atoms with Crippen LogP contribution in [-0.4, -0.2) is 25.1 Å². The molecule has 2 aliphatic heterocycles. The van der Waals surface area contributed by atoms with Crippen LogP contribution in [0, 0.1) is 0 Å². The third-order valence-corrected chi connectivity index (χ3v) is 5.16. The number of alkyl halides is 3. The fourth-order valence-corrected chi connectivity index (χ4v) is 3.87. The minimum absolute atomic E-state index is 0.0287. The molecule has 8 heteroatoms. The molecule has 2 aromatic rings. The monoisotopic (exact) mass is 417 g/mol. The number of para-hydroxylation sites is 1. The summed E-state index contributed by atoms with van der Waals surface area (Å²) in [6.07, 6.45) is -4.51. The van der Waals surface area contributed by atoms with Gasteiger partial charge in [-0.2, -0.15) is 13.2 Å². The molecule has 2 aliphatic rings. The maximum atomic E-state index is 13.0. The number of carbonyl (C=O) groups excluding carboxylic acids is 2. The first-order valence-electron chi connectivity index (χ1n) is 9.43. The number of benzene rings is 2. The summed E-state index contributed by atoms with van der Waals surface area (Å²) in [7, 11) is 0. The molecule has 4 rings (SSSR count). The lowest BCUT2D eigenvalue weighted by atomic mass is 9.83. The Kier molecular flexibility index (Phi) is 5.01. The van der Waals surface area contributed by atoms with Gasteiger partial charge in [-0.15, -0.1) is 0 Å². The molecule has 156 valence electrons. The standard InChI is InChI=1S/C22H18F3NO4/c1-2-29-18-6-4-3-5-15(18)16-11-19(27)26(17-12-30-21(28)20(16)17)14-9-7-13(8-10-14)22(23,24)25/h3-10,16H,2,11-12H2,1H3/t16-/m1/s1. The number of cyclic esters (lactones) is 1. The Bertz CT molecular complexity index is 1030. The molecule has 1 atom stereocenters. The fraction of sp³-hybridized carbons (Fsp3) is 0.273. The molecule has 0 aliphatic carbocycles. The van der Waals surface area contributed by atoms with Crippen molar-refractivity contribution in [3.05, 3.63) is 70.9 Å². The van der Waals surface area contributed by atoms with E-state index in [0.717, 1.165) is 12.1 Å². The highest BCUT2D eigenvalue weighted by atomic mass is 19.4. The zero-order valence-corrected chi connectivity index (χ0v) is 16.0. The number of amides is 1. The lowest BCUT2D eigenvalue weighted by Crippen LogP contribution is -2.37.